The average molecular weight is 202 g/mol. The summed E-state index contributed by atoms with van der Waals surface area (Å²) < 4.78 is 0. The van der Waals surface area contributed by atoms with Gasteiger partial charge in [-0.25, -0.2) is 4.79 Å². The first-order valence-electron chi connectivity index (χ1n) is 4.78. The molecule has 1 atom stereocenters. The van der Waals surface area contributed by atoms with E-state index in [-0.39, 0.29) is 12.2 Å². The Morgan fingerprint density at radius 2 is 1.93 bits per heavy atom. The smallest absolute Gasteiger partial charge is 0.330 e. The molecule has 82 valence electrons. The SMILES string of the molecule is C=C(CCC(O)CCCCO)C(=O)O. The molecule has 0 spiro atoms. The molecule has 0 aliphatic carbocycles. The number of rotatable bonds is 8. The maximum atomic E-state index is 10.4. The number of hydrogen-bond acceptors (Lipinski definition) is 3. The first kappa shape index (κ1) is 13.1. The summed E-state index contributed by atoms with van der Waals surface area (Å²) in [6.45, 7) is 3.51. The topological polar surface area (TPSA) is 77.8 Å². The summed E-state index contributed by atoms with van der Waals surface area (Å²) in [6.07, 6.45) is 2.30. The van der Waals surface area contributed by atoms with Gasteiger partial charge >= 0.3 is 5.97 Å². The predicted octanol–water partition coefficient (Wildman–Crippen LogP) is 0.931. The molecule has 0 fully saturated rings. The molecule has 4 nitrogen and oxygen atoms in total. The van der Waals surface area contributed by atoms with Crippen LogP contribution in [0.2, 0.25) is 0 Å². The van der Waals surface area contributed by atoms with Gasteiger partial charge in [-0.15, -0.1) is 0 Å². The molecule has 0 saturated carbocycles. The van der Waals surface area contributed by atoms with Crippen molar-refractivity contribution < 1.29 is 20.1 Å². The molecule has 0 amide bonds. The molecule has 0 aromatic carbocycles. The number of carboxylic acid groups (broad SMARTS) is 1. The second-order valence-corrected chi connectivity index (χ2v) is 3.32. The third kappa shape index (κ3) is 6.62. The molecule has 0 saturated heterocycles. The van der Waals surface area contributed by atoms with Crippen molar-refractivity contribution in [1.82, 2.24) is 0 Å². The number of carboxylic acids is 1. The van der Waals surface area contributed by atoms with Gasteiger partial charge in [0.2, 0.25) is 0 Å². The fourth-order valence-electron chi connectivity index (χ4n) is 1.08. The van der Waals surface area contributed by atoms with Gasteiger partial charge in [-0.1, -0.05) is 6.58 Å². The number of carbonyl (C=O) groups is 1. The van der Waals surface area contributed by atoms with Crippen molar-refractivity contribution in [2.24, 2.45) is 0 Å². The summed E-state index contributed by atoms with van der Waals surface area (Å²) in [5.41, 5.74) is 0.131. The van der Waals surface area contributed by atoms with Crippen LogP contribution in [0.1, 0.15) is 32.1 Å². The lowest BCUT2D eigenvalue weighted by Gasteiger charge is -2.09. The Hall–Kier alpha value is -0.870. The Kier molecular flexibility index (Phi) is 7.06. The molecule has 0 heterocycles. The minimum Gasteiger partial charge on any atom is -0.478 e. The predicted molar refractivity (Wildman–Crippen MR) is 53.0 cm³/mol. The molecular formula is C10H18O4. The van der Waals surface area contributed by atoms with Crippen LogP contribution in [0.5, 0.6) is 0 Å². The average Bonchev–Trinajstić information content (AvgIpc) is 2.14. The van der Waals surface area contributed by atoms with Crippen molar-refractivity contribution >= 4 is 5.97 Å². The molecule has 0 radical (unpaired) electrons. The second kappa shape index (κ2) is 7.53. The van der Waals surface area contributed by atoms with Gasteiger partial charge in [-0.3, -0.25) is 0 Å². The van der Waals surface area contributed by atoms with Crippen LogP contribution in [-0.4, -0.2) is 34.0 Å². The maximum Gasteiger partial charge on any atom is 0.330 e. The maximum absolute atomic E-state index is 10.4. The third-order valence-corrected chi connectivity index (χ3v) is 2.03. The monoisotopic (exact) mass is 202 g/mol. The van der Waals surface area contributed by atoms with Crippen LogP contribution < -0.4 is 0 Å². The van der Waals surface area contributed by atoms with E-state index in [0.717, 1.165) is 6.42 Å². The standard InChI is InChI=1S/C10H18O4/c1-8(10(13)14)5-6-9(12)4-2-3-7-11/h9,11-12H,1-7H2,(H,13,14). The Balaban J connectivity index is 3.48. The molecule has 0 rings (SSSR count). The van der Waals surface area contributed by atoms with Gasteiger partial charge in [0, 0.05) is 12.2 Å². The normalized spacial score (nSPS) is 12.4. The summed E-state index contributed by atoms with van der Waals surface area (Å²) in [7, 11) is 0. The van der Waals surface area contributed by atoms with E-state index in [0.29, 0.717) is 25.7 Å². The van der Waals surface area contributed by atoms with Gasteiger partial charge in [0.15, 0.2) is 0 Å². The molecule has 14 heavy (non-hydrogen) atoms. The minimum absolute atomic E-state index is 0.131. The zero-order valence-electron chi connectivity index (χ0n) is 8.28. The molecule has 3 N–H and O–H groups in total. The highest BCUT2D eigenvalue weighted by atomic mass is 16.4. The Labute approximate surface area is 83.9 Å². The fourth-order valence-corrected chi connectivity index (χ4v) is 1.08. The van der Waals surface area contributed by atoms with E-state index in [2.05, 4.69) is 6.58 Å². The summed E-state index contributed by atoms with van der Waals surface area (Å²) >= 11 is 0. The highest BCUT2D eigenvalue weighted by molar-refractivity contribution is 5.85. The Morgan fingerprint density at radius 3 is 2.43 bits per heavy atom. The number of hydrogen-bond donors (Lipinski definition) is 3. The van der Waals surface area contributed by atoms with E-state index < -0.39 is 12.1 Å². The lowest BCUT2D eigenvalue weighted by Crippen LogP contribution is -2.09. The number of aliphatic hydroxyl groups excluding tert-OH is 2. The largest absolute Gasteiger partial charge is 0.478 e. The van der Waals surface area contributed by atoms with Crippen LogP contribution in [0.3, 0.4) is 0 Å². The van der Waals surface area contributed by atoms with Gasteiger partial charge in [0.05, 0.1) is 6.10 Å². The summed E-state index contributed by atoms with van der Waals surface area (Å²) in [4.78, 5) is 10.4. The van der Waals surface area contributed by atoms with Gasteiger partial charge < -0.3 is 15.3 Å². The number of unbranched alkanes of at least 4 members (excludes halogenated alkanes) is 1. The highest BCUT2D eigenvalue weighted by Gasteiger charge is 2.08. The first-order valence-corrected chi connectivity index (χ1v) is 4.78. The van der Waals surface area contributed by atoms with E-state index in [1.807, 2.05) is 0 Å². The van der Waals surface area contributed by atoms with E-state index in [9.17, 15) is 9.90 Å². The molecule has 1 unspecified atom stereocenters. The quantitative estimate of drug-likeness (QED) is 0.404. The van der Waals surface area contributed by atoms with Gasteiger partial charge in [-0.2, -0.15) is 0 Å². The van der Waals surface area contributed by atoms with Crippen molar-refractivity contribution in [2.75, 3.05) is 6.61 Å². The highest BCUT2D eigenvalue weighted by Crippen LogP contribution is 2.10. The molecule has 0 aliphatic rings. The van der Waals surface area contributed by atoms with E-state index in [4.69, 9.17) is 10.2 Å². The molecule has 4 heteroatoms. The van der Waals surface area contributed by atoms with Crippen LogP contribution in [0, 0.1) is 0 Å². The van der Waals surface area contributed by atoms with Crippen LogP contribution in [0.25, 0.3) is 0 Å². The van der Waals surface area contributed by atoms with Crippen LogP contribution >= 0.6 is 0 Å². The van der Waals surface area contributed by atoms with Gasteiger partial charge in [0.25, 0.3) is 0 Å². The van der Waals surface area contributed by atoms with Crippen LogP contribution in [0.4, 0.5) is 0 Å². The molecule has 0 bridgehead atoms. The first-order chi connectivity index (χ1) is 6.57. The fraction of sp³-hybridized carbons (Fsp3) is 0.700. The minimum atomic E-state index is -1.01. The van der Waals surface area contributed by atoms with Crippen molar-refractivity contribution in [2.45, 2.75) is 38.2 Å². The molecule has 0 aromatic heterocycles. The van der Waals surface area contributed by atoms with Crippen LogP contribution in [-0.2, 0) is 4.79 Å². The summed E-state index contributed by atoms with van der Waals surface area (Å²) in [5.74, 6) is -1.01. The zero-order chi connectivity index (χ0) is 11.0. The van der Waals surface area contributed by atoms with E-state index in [1.54, 1.807) is 0 Å². The Bertz CT molecular complexity index is 189. The molecular weight excluding hydrogens is 184 g/mol. The van der Waals surface area contributed by atoms with Gasteiger partial charge in [-0.05, 0) is 32.1 Å². The van der Waals surface area contributed by atoms with Gasteiger partial charge in [0.1, 0.15) is 0 Å². The van der Waals surface area contributed by atoms with Crippen molar-refractivity contribution in [3.63, 3.8) is 0 Å². The lowest BCUT2D eigenvalue weighted by atomic mass is 10.0. The number of aliphatic carboxylic acids is 1. The van der Waals surface area contributed by atoms with Crippen LogP contribution in [0.15, 0.2) is 12.2 Å². The summed E-state index contributed by atoms with van der Waals surface area (Å²) in [5, 5.41) is 26.4. The summed E-state index contributed by atoms with van der Waals surface area (Å²) in [6, 6.07) is 0. The zero-order valence-corrected chi connectivity index (χ0v) is 8.28. The number of aliphatic hydroxyl groups is 2. The van der Waals surface area contributed by atoms with Crippen molar-refractivity contribution in [3.8, 4) is 0 Å². The van der Waals surface area contributed by atoms with E-state index >= 15 is 0 Å². The second-order valence-electron chi connectivity index (χ2n) is 3.32. The molecule has 0 aromatic rings. The molecule has 0 aliphatic heterocycles. The Morgan fingerprint density at radius 1 is 1.29 bits per heavy atom. The van der Waals surface area contributed by atoms with Crippen molar-refractivity contribution in [3.05, 3.63) is 12.2 Å². The van der Waals surface area contributed by atoms with E-state index in [1.165, 1.54) is 0 Å². The lowest BCUT2D eigenvalue weighted by molar-refractivity contribution is -0.132. The van der Waals surface area contributed by atoms with Crippen molar-refractivity contribution in [1.29, 1.82) is 0 Å². The third-order valence-electron chi connectivity index (χ3n) is 2.03.